The van der Waals surface area contributed by atoms with Crippen LogP contribution in [-0.2, 0) is 4.74 Å². The fourth-order valence-electron chi connectivity index (χ4n) is 2.43. The predicted molar refractivity (Wildman–Crippen MR) is 74.1 cm³/mol. The molecule has 2 aromatic rings. The molecule has 1 saturated heterocycles. The van der Waals surface area contributed by atoms with E-state index in [1.54, 1.807) is 0 Å². The highest BCUT2D eigenvalue weighted by atomic mass is 16.5. The summed E-state index contributed by atoms with van der Waals surface area (Å²) in [4.78, 5) is 11.0. The average molecular weight is 255 g/mol. The molecule has 0 bridgehead atoms. The molecule has 0 spiro atoms. The highest BCUT2D eigenvalue weighted by molar-refractivity contribution is 5.42. The molecule has 1 fully saturated rings. The Morgan fingerprint density at radius 1 is 1.21 bits per heavy atom. The Kier molecular flexibility index (Phi) is 3.42. The Labute approximate surface area is 113 Å². The van der Waals surface area contributed by atoms with Crippen LogP contribution in [-0.4, -0.2) is 29.7 Å². The largest absolute Gasteiger partial charge is 0.377 e. The number of hydrogen-bond donors (Lipinski definition) is 0. The van der Waals surface area contributed by atoms with Crippen LogP contribution in [0.15, 0.2) is 42.6 Å². The van der Waals surface area contributed by atoms with Crippen LogP contribution in [0.1, 0.15) is 17.4 Å². The number of aromatic nitrogens is 2. The Morgan fingerprint density at radius 3 is 2.84 bits per heavy atom. The van der Waals surface area contributed by atoms with Crippen LogP contribution in [0.4, 0.5) is 5.82 Å². The van der Waals surface area contributed by atoms with Crippen molar-refractivity contribution in [2.75, 3.05) is 24.7 Å². The van der Waals surface area contributed by atoms with E-state index >= 15 is 0 Å². The lowest BCUT2D eigenvalue weighted by Gasteiger charge is -2.36. The van der Waals surface area contributed by atoms with Crippen LogP contribution in [0.25, 0.3) is 0 Å². The van der Waals surface area contributed by atoms with E-state index in [0.29, 0.717) is 6.61 Å². The summed E-state index contributed by atoms with van der Waals surface area (Å²) in [5.74, 6) is 1.78. The van der Waals surface area contributed by atoms with Crippen LogP contribution in [0.2, 0.25) is 0 Å². The first kappa shape index (κ1) is 12.1. The molecule has 4 heteroatoms. The standard InChI is InChI=1S/C15H17N3O/c1-12-16-8-7-15(17-12)18-9-10-19-11-14(18)13-5-3-2-4-6-13/h2-8,14H,9-11H2,1H3/t14-/m0/s1. The lowest BCUT2D eigenvalue weighted by atomic mass is 10.1. The molecule has 0 unspecified atom stereocenters. The van der Waals surface area contributed by atoms with Gasteiger partial charge in [0, 0.05) is 12.7 Å². The summed E-state index contributed by atoms with van der Waals surface area (Å²) in [5, 5.41) is 0. The van der Waals surface area contributed by atoms with Crippen molar-refractivity contribution in [2.45, 2.75) is 13.0 Å². The first-order valence-corrected chi connectivity index (χ1v) is 6.53. The van der Waals surface area contributed by atoms with Gasteiger partial charge in [-0.05, 0) is 18.6 Å². The number of rotatable bonds is 2. The van der Waals surface area contributed by atoms with Crippen LogP contribution in [0, 0.1) is 6.92 Å². The molecule has 1 aliphatic rings. The molecule has 1 atom stereocenters. The van der Waals surface area contributed by atoms with E-state index in [9.17, 15) is 0 Å². The van der Waals surface area contributed by atoms with Gasteiger partial charge in [-0.1, -0.05) is 30.3 Å². The van der Waals surface area contributed by atoms with Crippen molar-refractivity contribution in [1.82, 2.24) is 9.97 Å². The minimum Gasteiger partial charge on any atom is -0.377 e. The number of hydrogen-bond acceptors (Lipinski definition) is 4. The highest BCUT2D eigenvalue weighted by Gasteiger charge is 2.25. The van der Waals surface area contributed by atoms with Crippen LogP contribution in [0.5, 0.6) is 0 Å². The monoisotopic (exact) mass is 255 g/mol. The zero-order valence-electron chi connectivity index (χ0n) is 11.0. The zero-order chi connectivity index (χ0) is 13.1. The first-order chi connectivity index (χ1) is 9.34. The molecule has 0 amide bonds. The summed E-state index contributed by atoms with van der Waals surface area (Å²) in [6.07, 6.45) is 1.81. The second-order valence-electron chi connectivity index (χ2n) is 4.66. The molecule has 1 aliphatic heterocycles. The van der Waals surface area contributed by atoms with Gasteiger partial charge in [-0.25, -0.2) is 9.97 Å². The van der Waals surface area contributed by atoms with Crippen molar-refractivity contribution in [3.63, 3.8) is 0 Å². The molecule has 0 N–H and O–H groups in total. The van der Waals surface area contributed by atoms with Gasteiger partial charge in [0.15, 0.2) is 0 Å². The van der Waals surface area contributed by atoms with Gasteiger partial charge < -0.3 is 9.64 Å². The van der Waals surface area contributed by atoms with E-state index in [1.807, 2.05) is 25.3 Å². The van der Waals surface area contributed by atoms with Gasteiger partial charge >= 0.3 is 0 Å². The number of ether oxygens (including phenoxy) is 1. The first-order valence-electron chi connectivity index (χ1n) is 6.53. The van der Waals surface area contributed by atoms with Crippen molar-refractivity contribution in [3.05, 3.63) is 54.0 Å². The maximum Gasteiger partial charge on any atom is 0.132 e. The number of benzene rings is 1. The van der Waals surface area contributed by atoms with E-state index < -0.39 is 0 Å². The van der Waals surface area contributed by atoms with Gasteiger partial charge in [-0.2, -0.15) is 0 Å². The average Bonchev–Trinajstić information content (AvgIpc) is 2.48. The number of aryl methyl sites for hydroxylation is 1. The lowest BCUT2D eigenvalue weighted by molar-refractivity contribution is 0.0937. The summed E-state index contributed by atoms with van der Waals surface area (Å²) in [5.41, 5.74) is 1.26. The van der Waals surface area contributed by atoms with Crippen molar-refractivity contribution in [1.29, 1.82) is 0 Å². The quantitative estimate of drug-likeness (QED) is 0.825. The third-order valence-corrected chi connectivity index (χ3v) is 3.37. The predicted octanol–water partition coefficient (Wildman–Crippen LogP) is 2.36. The van der Waals surface area contributed by atoms with Gasteiger partial charge in [0.25, 0.3) is 0 Å². The number of morpholine rings is 1. The van der Waals surface area contributed by atoms with Gasteiger partial charge in [0.2, 0.25) is 0 Å². The Morgan fingerprint density at radius 2 is 2.05 bits per heavy atom. The Hall–Kier alpha value is -1.94. The third-order valence-electron chi connectivity index (χ3n) is 3.37. The number of nitrogens with zero attached hydrogens (tertiary/aromatic N) is 3. The molecule has 98 valence electrons. The molecule has 0 saturated carbocycles. The van der Waals surface area contributed by atoms with Crippen molar-refractivity contribution in [2.24, 2.45) is 0 Å². The minimum atomic E-state index is 0.226. The molecule has 0 radical (unpaired) electrons. The summed E-state index contributed by atoms with van der Waals surface area (Å²) in [6.45, 7) is 4.22. The summed E-state index contributed by atoms with van der Waals surface area (Å²) >= 11 is 0. The van der Waals surface area contributed by atoms with Crippen LogP contribution < -0.4 is 4.90 Å². The fraction of sp³-hybridized carbons (Fsp3) is 0.333. The molecule has 4 nitrogen and oxygen atoms in total. The molecule has 1 aromatic heterocycles. The maximum absolute atomic E-state index is 5.63. The summed E-state index contributed by atoms with van der Waals surface area (Å²) in [7, 11) is 0. The molecule has 0 aliphatic carbocycles. The fourth-order valence-corrected chi connectivity index (χ4v) is 2.43. The van der Waals surface area contributed by atoms with Gasteiger partial charge in [0.05, 0.1) is 19.3 Å². The summed E-state index contributed by atoms with van der Waals surface area (Å²) < 4.78 is 5.63. The smallest absolute Gasteiger partial charge is 0.132 e. The number of anilines is 1. The van der Waals surface area contributed by atoms with E-state index in [2.05, 4.69) is 39.1 Å². The van der Waals surface area contributed by atoms with Crippen molar-refractivity contribution >= 4 is 5.82 Å². The van der Waals surface area contributed by atoms with E-state index in [1.165, 1.54) is 5.56 Å². The topological polar surface area (TPSA) is 38.2 Å². The van der Waals surface area contributed by atoms with Crippen molar-refractivity contribution in [3.8, 4) is 0 Å². The highest BCUT2D eigenvalue weighted by Crippen LogP contribution is 2.28. The minimum absolute atomic E-state index is 0.226. The third kappa shape index (κ3) is 2.58. The van der Waals surface area contributed by atoms with Crippen molar-refractivity contribution < 1.29 is 4.74 Å². The Balaban J connectivity index is 1.93. The Bertz CT molecular complexity index is 544. The molecule has 3 rings (SSSR count). The molecule has 1 aromatic carbocycles. The second kappa shape index (κ2) is 5.36. The normalized spacial score (nSPS) is 19.4. The van der Waals surface area contributed by atoms with Gasteiger partial charge in [0.1, 0.15) is 11.6 Å². The maximum atomic E-state index is 5.63. The van der Waals surface area contributed by atoms with Gasteiger partial charge in [-0.3, -0.25) is 0 Å². The van der Waals surface area contributed by atoms with E-state index in [4.69, 9.17) is 4.74 Å². The van der Waals surface area contributed by atoms with Gasteiger partial charge in [-0.15, -0.1) is 0 Å². The van der Waals surface area contributed by atoms with E-state index in [-0.39, 0.29) is 6.04 Å². The summed E-state index contributed by atoms with van der Waals surface area (Å²) in [6, 6.07) is 12.6. The SMILES string of the molecule is Cc1nccc(N2CCOC[C@H]2c2ccccc2)n1. The lowest BCUT2D eigenvalue weighted by Crippen LogP contribution is -2.40. The molecular weight excluding hydrogens is 238 g/mol. The van der Waals surface area contributed by atoms with Crippen LogP contribution in [0.3, 0.4) is 0 Å². The molecule has 2 heterocycles. The van der Waals surface area contributed by atoms with Crippen LogP contribution >= 0.6 is 0 Å². The van der Waals surface area contributed by atoms with E-state index in [0.717, 1.165) is 24.8 Å². The molecule has 19 heavy (non-hydrogen) atoms. The molecular formula is C15H17N3O. The zero-order valence-corrected chi connectivity index (χ0v) is 11.0. The second-order valence-corrected chi connectivity index (χ2v) is 4.66.